The van der Waals surface area contributed by atoms with Crippen molar-refractivity contribution in [3.8, 4) is 11.1 Å². The van der Waals surface area contributed by atoms with Crippen molar-refractivity contribution >= 4 is 34.3 Å². The van der Waals surface area contributed by atoms with Crippen LogP contribution in [-0.4, -0.2) is 57.0 Å². The van der Waals surface area contributed by atoms with Gasteiger partial charge in [0, 0.05) is 56.7 Å². The maximum atomic E-state index is 12.4. The molecule has 1 N–H and O–H groups in total. The summed E-state index contributed by atoms with van der Waals surface area (Å²) >= 11 is 0. The average molecular weight is 503 g/mol. The Balaban J connectivity index is 1.13. The number of nitrogens with zero attached hydrogens (tertiary/aromatic N) is 7. The highest BCUT2D eigenvalue weighted by Crippen LogP contribution is 2.26. The zero-order valence-electron chi connectivity index (χ0n) is 20.7. The summed E-state index contributed by atoms with van der Waals surface area (Å²) in [6.07, 6.45) is 10.8. The molecular weight excluding hydrogens is 476 g/mol. The monoisotopic (exact) mass is 502 g/mol. The summed E-state index contributed by atoms with van der Waals surface area (Å²) in [6.45, 7) is 3.38. The summed E-state index contributed by atoms with van der Waals surface area (Å²) in [4.78, 5) is 39.1. The first-order chi connectivity index (χ1) is 18.7. The van der Waals surface area contributed by atoms with Gasteiger partial charge in [-0.25, -0.2) is 9.97 Å². The smallest absolute Gasteiger partial charge is 0.228 e. The van der Waals surface area contributed by atoms with E-state index in [9.17, 15) is 4.79 Å². The Labute approximate surface area is 220 Å². The minimum absolute atomic E-state index is 0.0724. The predicted molar refractivity (Wildman–Crippen MR) is 148 cm³/mol. The number of hydrogen-bond acceptors (Lipinski definition) is 8. The number of aromatic nitrogens is 5. The molecule has 0 aliphatic carbocycles. The van der Waals surface area contributed by atoms with E-state index >= 15 is 0 Å². The molecule has 9 nitrogen and oxygen atoms in total. The molecule has 3 aromatic heterocycles. The highest BCUT2D eigenvalue weighted by atomic mass is 16.1. The van der Waals surface area contributed by atoms with Gasteiger partial charge in [0.2, 0.25) is 5.91 Å². The third kappa shape index (κ3) is 5.27. The van der Waals surface area contributed by atoms with Crippen LogP contribution in [0.25, 0.3) is 22.2 Å². The average Bonchev–Trinajstić information content (AvgIpc) is 2.98. The van der Waals surface area contributed by atoms with E-state index in [4.69, 9.17) is 4.98 Å². The fraction of sp³-hybridized carbons (Fsp3) is 0.172. The van der Waals surface area contributed by atoms with Crippen molar-refractivity contribution in [2.45, 2.75) is 6.42 Å². The third-order valence-corrected chi connectivity index (χ3v) is 6.60. The Kier molecular flexibility index (Phi) is 6.55. The molecule has 9 heteroatoms. The third-order valence-electron chi connectivity index (χ3n) is 6.60. The second kappa shape index (κ2) is 10.6. The fourth-order valence-electron chi connectivity index (χ4n) is 4.59. The summed E-state index contributed by atoms with van der Waals surface area (Å²) in [6, 6.07) is 17.7. The maximum absolute atomic E-state index is 12.4. The van der Waals surface area contributed by atoms with Gasteiger partial charge in [0.05, 0.1) is 29.8 Å². The van der Waals surface area contributed by atoms with Crippen LogP contribution < -0.4 is 15.1 Å². The molecule has 0 radical (unpaired) electrons. The zero-order chi connectivity index (χ0) is 25.7. The van der Waals surface area contributed by atoms with E-state index in [1.807, 2.05) is 54.7 Å². The van der Waals surface area contributed by atoms with Crippen LogP contribution in [0.15, 0.2) is 91.8 Å². The molecule has 38 heavy (non-hydrogen) atoms. The van der Waals surface area contributed by atoms with Crippen LogP contribution in [-0.2, 0) is 11.2 Å². The molecule has 1 aliphatic heterocycles. The van der Waals surface area contributed by atoms with E-state index < -0.39 is 0 Å². The Hall–Kier alpha value is -4.92. The summed E-state index contributed by atoms with van der Waals surface area (Å²) in [5.74, 6) is 1.71. The number of pyridine rings is 1. The number of carbonyl (C=O) groups excluding carboxylic acids is 1. The molecule has 0 spiro atoms. The first-order valence-electron chi connectivity index (χ1n) is 12.5. The SMILES string of the molecule is O=C(Cc1cccnc1)Nc1ccc(-c2ccc3ncc(N4CCN(c5cnccn5)CC4)nc3c2)cc1. The number of anilines is 3. The largest absolute Gasteiger partial charge is 0.352 e. The Morgan fingerprint density at radius 2 is 1.50 bits per heavy atom. The van der Waals surface area contributed by atoms with Crippen molar-refractivity contribution in [2.75, 3.05) is 41.3 Å². The zero-order valence-corrected chi connectivity index (χ0v) is 20.7. The van der Waals surface area contributed by atoms with E-state index in [0.29, 0.717) is 0 Å². The van der Waals surface area contributed by atoms with Crippen LogP contribution in [0.1, 0.15) is 5.56 Å². The summed E-state index contributed by atoms with van der Waals surface area (Å²) in [5, 5.41) is 2.95. The Bertz CT molecular complexity index is 1540. The molecule has 0 unspecified atom stereocenters. The van der Waals surface area contributed by atoms with Crippen LogP contribution in [0.2, 0.25) is 0 Å². The molecule has 4 heterocycles. The van der Waals surface area contributed by atoms with Crippen molar-refractivity contribution in [3.63, 3.8) is 0 Å². The number of amides is 1. The van der Waals surface area contributed by atoms with E-state index in [-0.39, 0.29) is 12.3 Å². The highest BCUT2D eigenvalue weighted by Gasteiger charge is 2.20. The molecule has 0 saturated carbocycles. The molecule has 2 aromatic carbocycles. The van der Waals surface area contributed by atoms with Crippen LogP contribution >= 0.6 is 0 Å². The van der Waals surface area contributed by atoms with Gasteiger partial charge in [0.1, 0.15) is 11.6 Å². The fourth-order valence-corrected chi connectivity index (χ4v) is 4.59. The maximum Gasteiger partial charge on any atom is 0.228 e. The van der Waals surface area contributed by atoms with Gasteiger partial charge < -0.3 is 15.1 Å². The number of fused-ring (bicyclic) bond motifs is 1. The quantitative estimate of drug-likeness (QED) is 0.372. The summed E-state index contributed by atoms with van der Waals surface area (Å²) < 4.78 is 0. The second-order valence-electron chi connectivity index (χ2n) is 9.13. The van der Waals surface area contributed by atoms with Crippen molar-refractivity contribution in [3.05, 3.63) is 97.3 Å². The van der Waals surface area contributed by atoms with Crippen LogP contribution in [0.5, 0.6) is 0 Å². The first kappa shape index (κ1) is 23.5. The van der Waals surface area contributed by atoms with Crippen LogP contribution in [0, 0.1) is 0 Å². The molecule has 1 aliphatic rings. The van der Waals surface area contributed by atoms with Gasteiger partial charge in [0.25, 0.3) is 0 Å². The number of nitrogens with one attached hydrogen (secondary N) is 1. The number of hydrogen-bond donors (Lipinski definition) is 1. The van der Waals surface area contributed by atoms with E-state index in [2.05, 4.69) is 41.1 Å². The topological polar surface area (TPSA) is 100 Å². The van der Waals surface area contributed by atoms with Gasteiger partial charge in [-0.15, -0.1) is 0 Å². The molecule has 1 saturated heterocycles. The van der Waals surface area contributed by atoms with Crippen molar-refractivity contribution in [1.82, 2.24) is 24.9 Å². The lowest BCUT2D eigenvalue weighted by Crippen LogP contribution is -2.47. The van der Waals surface area contributed by atoms with E-state index in [1.165, 1.54) is 0 Å². The van der Waals surface area contributed by atoms with Gasteiger partial charge >= 0.3 is 0 Å². The van der Waals surface area contributed by atoms with Crippen LogP contribution in [0.4, 0.5) is 17.3 Å². The lowest BCUT2D eigenvalue weighted by atomic mass is 10.0. The number of rotatable bonds is 6. The molecule has 0 atom stereocenters. The first-order valence-corrected chi connectivity index (χ1v) is 12.5. The summed E-state index contributed by atoms with van der Waals surface area (Å²) in [5.41, 5.74) is 5.43. The minimum atomic E-state index is -0.0724. The van der Waals surface area contributed by atoms with Crippen molar-refractivity contribution < 1.29 is 4.79 Å². The van der Waals surface area contributed by atoms with Crippen molar-refractivity contribution in [2.24, 2.45) is 0 Å². The van der Waals surface area contributed by atoms with Crippen LogP contribution in [0.3, 0.4) is 0 Å². The molecule has 188 valence electrons. The molecule has 1 fully saturated rings. The Morgan fingerprint density at radius 1 is 0.737 bits per heavy atom. The molecular formula is C29H26N8O. The molecule has 6 rings (SSSR count). The van der Waals surface area contributed by atoms with Crippen molar-refractivity contribution in [1.29, 1.82) is 0 Å². The minimum Gasteiger partial charge on any atom is -0.352 e. The molecule has 0 bridgehead atoms. The number of carbonyl (C=O) groups is 1. The standard InChI is InChI=1S/C29H26N8O/c38-29(16-21-2-1-9-30-18-21)34-24-6-3-22(4-7-24)23-5-8-25-26(17-23)35-28(20-33-25)37-14-12-36(13-15-37)27-19-31-10-11-32-27/h1-11,17-20H,12-16H2,(H,34,38). The molecule has 5 aromatic rings. The lowest BCUT2D eigenvalue weighted by molar-refractivity contribution is -0.115. The Morgan fingerprint density at radius 3 is 2.24 bits per heavy atom. The number of piperazine rings is 1. The lowest BCUT2D eigenvalue weighted by Gasteiger charge is -2.35. The summed E-state index contributed by atoms with van der Waals surface area (Å²) in [7, 11) is 0. The number of benzene rings is 2. The van der Waals surface area contributed by atoms with E-state index in [0.717, 1.165) is 71.2 Å². The van der Waals surface area contributed by atoms with Gasteiger partial charge in [-0.2, -0.15) is 0 Å². The predicted octanol–water partition coefficient (Wildman–Crippen LogP) is 3.99. The van der Waals surface area contributed by atoms with Gasteiger partial charge in [0.15, 0.2) is 0 Å². The van der Waals surface area contributed by atoms with E-state index in [1.54, 1.807) is 31.0 Å². The van der Waals surface area contributed by atoms with Gasteiger partial charge in [-0.3, -0.25) is 19.7 Å². The van der Waals surface area contributed by atoms with Gasteiger partial charge in [-0.05, 0) is 47.0 Å². The molecule has 1 amide bonds. The second-order valence-corrected chi connectivity index (χ2v) is 9.13. The van der Waals surface area contributed by atoms with Gasteiger partial charge in [-0.1, -0.05) is 24.3 Å². The highest BCUT2D eigenvalue weighted by molar-refractivity contribution is 5.92. The normalized spacial score (nSPS) is 13.5.